The standard InChI is InChI=1S/C19H26O5/c1-11-10-19(5)12(2)8-16(23-13(3)20)9-15(19)6-7-17(22)18(11)24-14(4)21/h9-10,12,16,18H,6-8H2,1-5H3/b11-10-/t12-,16-,18-,19+/m1/s1. The molecule has 0 unspecified atom stereocenters. The molecular weight excluding hydrogens is 308 g/mol. The molecule has 0 aromatic heterocycles. The summed E-state index contributed by atoms with van der Waals surface area (Å²) >= 11 is 0. The van der Waals surface area contributed by atoms with E-state index in [-0.39, 0.29) is 29.2 Å². The van der Waals surface area contributed by atoms with E-state index < -0.39 is 12.1 Å². The van der Waals surface area contributed by atoms with Crippen LogP contribution in [0.25, 0.3) is 0 Å². The van der Waals surface area contributed by atoms with E-state index in [1.165, 1.54) is 13.8 Å². The Morgan fingerprint density at radius 1 is 1.17 bits per heavy atom. The maximum Gasteiger partial charge on any atom is 0.303 e. The van der Waals surface area contributed by atoms with Crippen LogP contribution in [-0.2, 0) is 23.9 Å². The molecule has 0 aromatic carbocycles. The second-order valence-corrected chi connectivity index (χ2v) is 7.10. The van der Waals surface area contributed by atoms with E-state index in [4.69, 9.17) is 9.47 Å². The Labute approximate surface area is 143 Å². The molecule has 0 aromatic rings. The first-order valence-electron chi connectivity index (χ1n) is 8.41. The van der Waals surface area contributed by atoms with E-state index in [0.29, 0.717) is 12.8 Å². The molecule has 0 fully saturated rings. The van der Waals surface area contributed by atoms with E-state index in [0.717, 1.165) is 17.6 Å². The third kappa shape index (κ3) is 3.77. The molecule has 4 atom stereocenters. The van der Waals surface area contributed by atoms with Crippen molar-refractivity contribution in [2.75, 3.05) is 0 Å². The van der Waals surface area contributed by atoms with Crippen LogP contribution in [0, 0.1) is 11.3 Å². The lowest BCUT2D eigenvalue weighted by Gasteiger charge is -2.43. The van der Waals surface area contributed by atoms with E-state index in [1.54, 1.807) is 0 Å². The molecule has 5 nitrogen and oxygen atoms in total. The van der Waals surface area contributed by atoms with Crippen LogP contribution in [-0.4, -0.2) is 29.9 Å². The van der Waals surface area contributed by atoms with Crippen molar-refractivity contribution in [3.05, 3.63) is 23.3 Å². The molecule has 24 heavy (non-hydrogen) atoms. The smallest absolute Gasteiger partial charge is 0.303 e. The minimum atomic E-state index is -0.792. The van der Waals surface area contributed by atoms with Gasteiger partial charge in [0.2, 0.25) is 0 Å². The summed E-state index contributed by atoms with van der Waals surface area (Å²) in [4.78, 5) is 35.0. The first-order chi connectivity index (χ1) is 11.1. The van der Waals surface area contributed by atoms with Crippen LogP contribution < -0.4 is 0 Å². The molecule has 0 aliphatic heterocycles. The average Bonchev–Trinajstić information content (AvgIpc) is 2.45. The lowest BCUT2D eigenvalue weighted by Crippen LogP contribution is -2.39. The Bertz CT molecular complexity index is 615. The molecule has 0 spiro atoms. The number of ketones is 1. The molecule has 0 saturated carbocycles. The van der Waals surface area contributed by atoms with Crippen molar-refractivity contribution in [3.8, 4) is 0 Å². The molecule has 0 amide bonds. The summed E-state index contributed by atoms with van der Waals surface area (Å²) in [7, 11) is 0. The zero-order valence-electron chi connectivity index (χ0n) is 15.0. The SMILES string of the molecule is CC(=O)O[C@H]1C=C2CCC(=O)[C@H](OC(C)=O)/C(C)=C\[C@@]2(C)[C@H](C)C1. The average molecular weight is 334 g/mol. The maximum atomic E-state index is 12.4. The fourth-order valence-electron chi connectivity index (χ4n) is 3.78. The van der Waals surface area contributed by atoms with Crippen molar-refractivity contribution in [1.29, 1.82) is 0 Å². The molecule has 132 valence electrons. The number of ether oxygens (including phenoxy) is 2. The number of Topliss-reactive ketones (excluding diaryl/α,β-unsaturated/α-hetero) is 1. The van der Waals surface area contributed by atoms with Gasteiger partial charge in [-0.15, -0.1) is 0 Å². The molecule has 5 heteroatoms. The van der Waals surface area contributed by atoms with Crippen LogP contribution >= 0.6 is 0 Å². The molecule has 0 heterocycles. The Morgan fingerprint density at radius 3 is 2.38 bits per heavy atom. The summed E-state index contributed by atoms with van der Waals surface area (Å²) in [6.07, 6.45) is 4.63. The molecule has 2 aliphatic rings. The number of allylic oxidation sites excluding steroid dienone is 2. The topological polar surface area (TPSA) is 69.7 Å². The van der Waals surface area contributed by atoms with Gasteiger partial charge >= 0.3 is 11.9 Å². The highest BCUT2D eigenvalue weighted by Crippen LogP contribution is 2.47. The van der Waals surface area contributed by atoms with Gasteiger partial charge in [-0.25, -0.2) is 0 Å². The molecule has 2 aliphatic carbocycles. The van der Waals surface area contributed by atoms with Crippen LogP contribution in [0.15, 0.2) is 23.3 Å². The van der Waals surface area contributed by atoms with Gasteiger partial charge in [0.1, 0.15) is 6.10 Å². The zero-order valence-corrected chi connectivity index (χ0v) is 15.0. The van der Waals surface area contributed by atoms with Crippen LogP contribution in [0.1, 0.15) is 53.9 Å². The normalized spacial score (nSPS) is 35.5. The Balaban J connectivity index is 2.41. The molecule has 0 bridgehead atoms. The summed E-state index contributed by atoms with van der Waals surface area (Å²) < 4.78 is 10.6. The second-order valence-electron chi connectivity index (χ2n) is 7.10. The van der Waals surface area contributed by atoms with Crippen molar-refractivity contribution >= 4 is 17.7 Å². The van der Waals surface area contributed by atoms with Crippen molar-refractivity contribution in [1.82, 2.24) is 0 Å². The van der Waals surface area contributed by atoms with Gasteiger partial charge in [-0.3, -0.25) is 14.4 Å². The van der Waals surface area contributed by atoms with E-state index >= 15 is 0 Å². The number of hydrogen-bond acceptors (Lipinski definition) is 5. The predicted molar refractivity (Wildman–Crippen MR) is 89.1 cm³/mol. The van der Waals surface area contributed by atoms with E-state index in [9.17, 15) is 14.4 Å². The summed E-state index contributed by atoms with van der Waals surface area (Å²) in [5, 5.41) is 0. The van der Waals surface area contributed by atoms with Gasteiger partial charge < -0.3 is 9.47 Å². The van der Waals surface area contributed by atoms with Crippen LogP contribution in [0.2, 0.25) is 0 Å². The van der Waals surface area contributed by atoms with Gasteiger partial charge in [0.15, 0.2) is 11.9 Å². The number of fused-ring (bicyclic) bond motifs is 1. The highest BCUT2D eigenvalue weighted by molar-refractivity contribution is 5.88. The minimum absolute atomic E-state index is 0.0934. The van der Waals surface area contributed by atoms with Gasteiger partial charge in [-0.1, -0.05) is 25.5 Å². The Hall–Kier alpha value is -1.91. The third-order valence-corrected chi connectivity index (χ3v) is 5.16. The van der Waals surface area contributed by atoms with Gasteiger partial charge in [-0.05, 0) is 37.3 Å². The Kier molecular flexibility index (Phi) is 5.31. The number of hydrogen-bond donors (Lipinski definition) is 0. The monoisotopic (exact) mass is 334 g/mol. The van der Waals surface area contributed by atoms with Gasteiger partial charge in [-0.2, -0.15) is 0 Å². The third-order valence-electron chi connectivity index (χ3n) is 5.16. The molecule has 2 rings (SSSR count). The molecule has 0 N–H and O–H groups in total. The number of carbonyl (C=O) groups is 3. The highest BCUT2D eigenvalue weighted by Gasteiger charge is 2.41. The van der Waals surface area contributed by atoms with Gasteiger partial charge in [0.25, 0.3) is 0 Å². The Morgan fingerprint density at radius 2 is 1.79 bits per heavy atom. The first kappa shape index (κ1) is 18.4. The van der Waals surface area contributed by atoms with E-state index in [1.807, 2.05) is 13.0 Å². The van der Waals surface area contributed by atoms with Crippen LogP contribution in [0.3, 0.4) is 0 Å². The minimum Gasteiger partial charge on any atom is -0.458 e. The second kappa shape index (κ2) is 6.91. The fourth-order valence-corrected chi connectivity index (χ4v) is 3.78. The lowest BCUT2D eigenvalue weighted by molar-refractivity contribution is -0.150. The summed E-state index contributed by atoms with van der Waals surface area (Å²) in [6.45, 7) is 8.82. The fraction of sp³-hybridized carbons (Fsp3) is 0.632. The van der Waals surface area contributed by atoms with E-state index in [2.05, 4.69) is 19.9 Å². The van der Waals surface area contributed by atoms with Crippen molar-refractivity contribution in [2.24, 2.45) is 11.3 Å². The summed E-state index contributed by atoms with van der Waals surface area (Å²) in [6, 6.07) is 0. The lowest BCUT2D eigenvalue weighted by atomic mass is 9.63. The van der Waals surface area contributed by atoms with Gasteiger partial charge in [0, 0.05) is 25.7 Å². The largest absolute Gasteiger partial charge is 0.458 e. The highest BCUT2D eigenvalue weighted by atomic mass is 16.5. The first-order valence-corrected chi connectivity index (χ1v) is 8.41. The number of carbonyl (C=O) groups excluding carboxylic acids is 3. The van der Waals surface area contributed by atoms with Crippen LogP contribution in [0.4, 0.5) is 0 Å². The quantitative estimate of drug-likeness (QED) is 0.573. The summed E-state index contributed by atoms with van der Waals surface area (Å²) in [5.74, 6) is -0.599. The van der Waals surface area contributed by atoms with Crippen LogP contribution in [0.5, 0.6) is 0 Å². The number of rotatable bonds is 2. The van der Waals surface area contributed by atoms with Crippen molar-refractivity contribution in [2.45, 2.75) is 66.1 Å². The zero-order chi connectivity index (χ0) is 18.1. The van der Waals surface area contributed by atoms with Gasteiger partial charge in [0.05, 0.1) is 0 Å². The van der Waals surface area contributed by atoms with Crippen molar-refractivity contribution in [3.63, 3.8) is 0 Å². The molecule has 0 radical (unpaired) electrons. The molecule has 0 saturated heterocycles. The molecular formula is C19H26O5. The van der Waals surface area contributed by atoms with Crippen molar-refractivity contribution < 1.29 is 23.9 Å². The maximum absolute atomic E-state index is 12.4. The summed E-state index contributed by atoms with van der Waals surface area (Å²) in [5.41, 5.74) is 1.64. The number of esters is 2. The predicted octanol–water partition coefficient (Wildman–Crippen LogP) is 3.13.